The van der Waals surface area contributed by atoms with Crippen LogP contribution in [0.3, 0.4) is 0 Å². The van der Waals surface area contributed by atoms with E-state index in [1.807, 2.05) is 48.9 Å². The Bertz CT molecular complexity index is 518. The van der Waals surface area contributed by atoms with Crippen LogP contribution in [0.4, 0.5) is 0 Å². The third-order valence-corrected chi connectivity index (χ3v) is 2.47. The van der Waals surface area contributed by atoms with Gasteiger partial charge in [-0.25, -0.2) is 4.98 Å². The Morgan fingerprint density at radius 2 is 1.93 bits per heavy atom. The SMILES string of the molecule is Cc1nc(-c2ccccc2)c(C#N)n1C. The summed E-state index contributed by atoms with van der Waals surface area (Å²) in [5, 5.41) is 9.06. The van der Waals surface area contributed by atoms with Crippen LogP contribution in [0.25, 0.3) is 11.3 Å². The zero-order valence-corrected chi connectivity index (χ0v) is 8.73. The van der Waals surface area contributed by atoms with Crippen LogP contribution in [0.2, 0.25) is 0 Å². The Balaban J connectivity index is 2.65. The molecule has 0 amide bonds. The van der Waals surface area contributed by atoms with Crippen molar-refractivity contribution in [3.63, 3.8) is 0 Å². The van der Waals surface area contributed by atoms with Gasteiger partial charge in [-0.15, -0.1) is 0 Å². The summed E-state index contributed by atoms with van der Waals surface area (Å²) in [5.74, 6) is 0.852. The van der Waals surface area contributed by atoms with Crippen LogP contribution in [0, 0.1) is 18.3 Å². The maximum atomic E-state index is 9.06. The molecule has 3 nitrogen and oxygen atoms in total. The molecule has 1 heterocycles. The summed E-state index contributed by atoms with van der Waals surface area (Å²) in [6.07, 6.45) is 0. The normalized spacial score (nSPS) is 9.93. The fourth-order valence-electron chi connectivity index (χ4n) is 1.54. The van der Waals surface area contributed by atoms with Gasteiger partial charge in [-0.3, -0.25) is 0 Å². The summed E-state index contributed by atoms with van der Waals surface area (Å²) in [7, 11) is 1.85. The molecule has 2 aromatic rings. The minimum Gasteiger partial charge on any atom is -0.323 e. The first-order valence-electron chi connectivity index (χ1n) is 4.73. The molecule has 3 heteroatoms. The Labute approximate surface area is 88.6 Å². The molecule has 74 valence electrons. The van der Waals surface area contributed by atoms with Crippen LogP contribution in [0.15, 0.2) is 30.3 Å². The van der Waals surface area contributed by atoms with Gasteiger partial charge in [-0.2, -0.15) is 5.26 Å². The third kappa shape index (κ3) is 1.50. The number of benzene rings is 1. The molecule has 0 fully saturated rings. The number of aromatic nitrogens is 2. The number of nitrogens with zero attached hydrogens (tertiary/aromatic N) is 3. The van der Waals surface area contributed by atoms with Crippen LogP contribution >= 0.6 is 0 Å². The molecule has 0 aliphatic carbocycles. The first-order chi connectivity index (χ1) is 7.24. The molecule has 0 aliphatic heterocycles. The van der Waals surface area contributed by atoms with E-state index in [-0.39, 0.29) is 0 Å². The Hall–Kier alpha value is -2.08. The van der Waals surface area contributed by atoms with Crippen LogP contribution in [0.5, 0.6) is 0 Å². The van der Waals surface area contributed by atoms with Crippen LogP contribution in [0.1, 0.15) is 11.5 Å². The van der Waals surface area contributed by atoms with Crippen molar-refractivity contribution in [3.05, 3.63) is 41.9 Å². The summed E-state index contributed by atoms with van der Waals surface area (Å²) >= 11 is 0. The minimum absolute atomic E-state index is 0.610. The fourth-order valence-corrected chi connectivity index (χ4v) is 1.54. The highest BCUT2D eigenvalue weighted by molar-refractivity contribution is 5.65. The van der Waals surface area contributed by atoms with E-state index in [1.54, 1.807) is 0 Å². The van der Waals surface area contributed by atoms with Crippen molar-refractivity contribution in [1.82, 2.24) is 9.55 Å². The number of aryl methyl sites for hydroxylation is 1. The predicted octanol–water partition coefficient (Wildman–Crippen LogP) is 2.27. The van der Waals surface area contributed by atoms with Gasteiger partial charge >= 0.3 is 0 Å². The number of hydrogen-bond acceptors (Lipinski definition) is 2. The van der Waals surface area contributed by atoms with E-state index in [2.05, 4.69) is 11.1 Å². The second-order valence-corrected chi connectivity index (χ2v) is 3.39. The number of rotatable bonds is 1. The summed E-state index contributed by atoms with van der Waals surface area (Å²) in [5.41, 5.74) is 2.36. The smallest absolute Gasteiger partial charge is 0.147 e. The van der Waals surface area contributed by atoms with Gasteiger partial charge in [0.1, 0.15) is 23.3 Å². The lowest BCUT2D eigenvalue weighted by Crippen LogP contribution is -1.94. The standard InChI is InChI=1S/C12H11N3/c1-9-14-12(11(8-13)15(9)2)10-6-4-3-5-7-10/h3-7H,1-2H3. The monoisotopic (exact) mass is 197 g/mol. The second kappa shape index (κ2) is 3.58. The van der Waals surface area contributed by atoms with Crippen LogP contribution < -0.4 is 0 Å². The predicted molar refractivity (Wildman–Crippen MR) is 58.1 cm³/mol. The molecule has 0 aliphatic rings. The quantitative estimate of drug-likeness (QED) is 0.703. The van der Waals surface area contributed by atoms with Crippen LogP contribution in [-0.4, -0.2) is 9.55 Å². The molecule has 0 saturated heterocycles. The molecule has 0 bridgehead atoms. The highest BCUT2D eigenvalue weighted by Crippen LogP contribution is 2.22. The van der Waals surface area contributed by atoms with E-state index in [4.69, 9.17) is 5.26 Å². The van der Waals surface area contributed by atoms with Crippen molar-refractivity contribution in [2.45, 2.75) is 6.92 Å². The Kier molecular flexibility index (Phi) is 2.26. The van der Waals surface area contributed by atoms with Crippen molar-refractivity contribution < 1.29 is 0 Å². The van der Waals surface area contributed by atoms with E-state index >= 15 is 0 Å². The molecule has 1 aromatic heterocycles. The van der Waals surface area contributed by atoms with Gasteiger partial charge in [-0.05, 0) is 6.92 Å². The van der Waals surface area contributed by atoms with Crippen LogP contribution in [-0.2, 0) is 7.05 Å². The largest absolute Gasteiger partial charge is 0.323 e. The molecule has 0 unspecified atom stereocenters. The fraction of sp³-hybridized carbons (Fsp3) is 0.167. The van der Waals surface area contributed by atoms with Crippen molar-refractivity contribution in [3.8, 4) is 17.3 Å². The molecular formula is C12H11N3. The lowest BCUT2D eigenvalue weighted by Gasteiger charge is -1.97. The highest BCUT2D eigenvalue weighted by Gasteiger charge is 2.12. The lowest BCUT2D eigenvalue weighted by atomic mass is 10.1. The summed E-state index contributed by atoms with van der Waals surface area (Å²) in [4.78, 5) is 4.39. The van der Waals surface area contributed by atoms with Gasteiger partial charge < -0.3 is 4.57 Å². The van der Waals surface area contributed by atoms with Gasteiger partial charge in [0.2, 0.25) is 0 Å². The highest BCUT2D eigenvalue weighted by atomic mass is 15.1. The molecule has 2 rings (SSSR count). The maximum absolute atomic E-state index is 9.06. The number of nitriles is 1. The first-order valence-corrected chi connectivity index (χ1v) is 4.73. The molecule has 0 atom stereocenters. The molecule has 15 heavy (non-hydrogen) atoms. The molecular weight excluding hydrogens is 186 g/mol. The lowest BCUT2D eigenvalue weighted by molar-refractivity contribution is 0.845. The van der Waals surface area contributed by atoms with E-state index in [0.29, 0.717) is 5.69 Å². The average Bonchev–Trinajstić information content (AvgIpc) is 2.56. The molecule has 0 spiro atoms. The Morgan fingerprint density at radius 3 is 2.53 bits per heavy atom. The summed E-state index contributed by atoms with van der Waals surface area (Å²) < 4.78 is 1.81. The van der Waals surface area contributed by atoms with E-state index in [1.165, 1.54) is 0 Å². The van der Waals surface area contributed by atoms with E-state index in [0.717, 1.165) is 17.1 Å². The molecule has 0 saturated carbocycles. The van der Waals surface area contributed by atoms with E-state index < -0.39 is 0 Å². The van der Waals surface area contributed by atoms with Crippen molar-refractivity contribution in [2.24, 2.45) is 7.05 Å². The number of imidazole rings is 1. The van der Waals surface area contributed by atoms with Gasteiger partial charge in [-0.1, -0.05) is 30.3 Å². The van der Waals surface area contributed by atoms with Gasteiger partial charge in [0.15, 0.2) is 0 Å². The third-order valence-electron chi connectivity index (χ3n) is 2.47. The van der Waals surface area contributed by atoms with E-state index in [9.17, 15) is 0 Å². The molecule has 0 N–H and O–H groups in total. The summed E-state index contributed by atoms with van der Waals surface area (Å²) in [6.45, 7) is 1.90. The van der Waals surface area contributed by atoms with Gasteiger partial charge in [0, 0.05) is 12.6 Å². The zero-order chi connectivity index (χ0) is 10.8. The Morgan fingerprint density at radius 1 is 1.27 bits per heavy atom. The molecule has 0 radical (unpaired) electrons. The van der Waals surface area contributed by atoms with Gasteiger partial charge in [0.05, 0.1) is 0 Å². The van der Waals surface area contributed by atoms with Gasteiger partial charge in [0.25, 0.3) is 0 Å². The van der Waals surface area contributed by atoms with Crippen molar-refractivity contribution >= 4 is 0 Å². The first kappa shape index (κ1) is 9.47. The zero-order valence-electron chi connectivity index (χ0n) is 8.73. The second-order valence-electron chi connectivity index (χ2n) is 3.39. The number of hydrogen-bond donors (Lipinski definition) is 0. The average molecular weight is 197 g/mol. The maximum Gasteiger partial charge on any atom is 0.147 e. The minimum atomic E-state index is 0.610. The van der Waals surface area contributed by atoms with Crippen molar-refractivity contribution in [2.75, 3.05) is 0 Å². The van der Waals surface area contributed by atoms with Crippen molar-refractivity contribution in [1.29, 1.82) is 5.26 Å². The molecule has 1 aromatic carbocycles. The topological polar surface area (TPSA) is 41.6 Å². The summed E-state index contributed by atoms with van der Waals surface area (Å²) in [6, 6.07) is 11.9.